The summed E-state index contributed by atoms with van der Waals surface area (Å²) in [5.41, 5.74) is 9.60. The summed E-state index contributed by atoms with van der Waals surface area (Å²) in [5, 5.41) is 14.5. The maximum absolute atomic E-state index is 13.3. The zero-order valence-corrected chi connectivity index (χ0v) is 19.8. The first-order valence-electron chi connectivity index (χ1n) is 10.8. The van der Waals surface area contributed by atoms with Crippen LogP contribution in [-0.4, -0.2) is 53.1 Å². The number of nitrogens with one attached hydrogen (secondary N) is 1. The molecule has 0 bridgehead atoms. The maximum atomic E-state index is 13.3. The van der Waals surface area contributed by atoms with Crippen LogP contribution in [0.1, 0.15) is 42.9 Å². The molecule has 2 unspecified atom stereocenters. The number of Topliss-reactive ketones (excluding diaryl/α,β-unsaturated/α-hetero) is 1. The van der Waals surface area contributed by atoms with Crippen LogP contribution in [0.25, 0.3) is 10.4 Å². The van der Waals surface area contributed by atoms with Crippen LogP contribution in [0.5, 0.6) is 0 Å². The van der Waals surface area contributed by atoms with Crippen molar-refractivity contribution in [1.82, 2.24) is 20.4 Å². The minimum absolute atomic E-state index is 0.133. The number of rotatable bonds is 11. The Morgan fingerprint density at radius 2 is 2.09 bits per heavy atom. The summed E-state index contributed by atoms with van der Waals surface area (Å²) in [7, 11) is 1.74. The highest BCUT2D eigenvalue weighted by molar-refractivity contribution is 5.97. The minimum atomic E-state index is -0.776. The number of hydrogen-bond donors (Lipinski definition) is 1. The lowest BCUT2D eigenvalue weighted by Gasteiger charge is -2.20. The quantitative estimate of drug-likeness (QED) is 0.0592. The van der Waals surface area contributed by atoms with Crippen LogP contribution in [0.15, 0.2) is 68.8 Å². The topological polar surface area (TPSA) is 159 Å². The van der Waals surface area contributed by atoms with E-state index in [4.69, 9.17) is 14.8 Å². The molecular formula is C23H26N8O4. The molecule has 0 saturated carbocycles. The molecule has 12 nitrogen and oxygen atoms in total. The Hall–Kier alpha value is -4.44. The van der Waals surface area contributed by atoms with Gasteiger partial charge in [-0.05, 0) is 31.0 Å². The van der Waals surface area contributed by atoms with Gasteiger partial charge in [-0.15, -0.1) is 10.2 Å². The summed E-state index contributed by atoms with van der Waals surface area (Å²) in [6.45, 7) is 5.90. The minimum Gasteiger partial charge on any atom is -0.417 e. The molecule has 1 aromatic carbocycles. The number of allylic oxidation sites excluding steroid dienone is 1. The van der Waals surface area contributed by atoms with Gasteiger partial charge in [-0.3, -0.25) is 9.59 Å². The Morgan fingerprint density at radius 3 is 2.77 bits per heavy atom. The van der Waals surface area contributed by atoms with Gasteiger partial charge in [0.05, 0.1) is 24.0 Å². The third kappa shape index (κ3) is 5.74. The van der Waals surface area contributed by atoms with Crippen molar-refractivity contribution in [3.63, 3.8) is 0 Å². The van der Waals surface area contributed by atoms with Gasteiger partial charge in [0.2, 0.25) is 11.7 Å². The second-order valence-corrected chi connectivity index (χ2v) is 8.44. The summed E-state index contributed by atoms with van der Waals surface area (Å²) < 4.78 is 5.81. The lowest BCUT2D eigenvalue weighted by Crippen LogP contribution is -2.38. The van der Waals surface area contributed by atoms with Gasteiger partial charge in [0, 0.05) is 24.1 Å². The number of carbonyl (C=O) groups excluding carboxylic acids is 2. The molecule has 2 atom stereocenters. The number of aromatic nitrogens is 2. The summed E-state index contributed by atoms with van der Waals surface area (Å²) >= 11 is 0. The van der Waals surface area contributed by atoms with Gasteiger partial charge in [0.1, 0.15) is 23.4 Å². The average Bonchev–Trinajstić information content (AvgIpc) is 3.47. The third-order valence-corrected chi connectivity index (χ3v) is 5.59. The van der Waals surface area contributed by atoms with Crippen molar-refractivity contribution >= 4 is 18.4 Å². The first-order chi connectivity index (χ1) is 16.8. The molecule has 0 amide bonds. The van der Waals surface area contributed by atoms with Crippen LogP contribution in [0.3, 0.4) is 0 Å². The highest BCUT2D eigenvalue weighted by atomic mass is 16.6. The summed E-state index contributed by atoms with van der Waals surface area (Å²) in [6.07, 6.45) is 4.71. The Bertz CT molecular complexity index is 1200. The van der Waals surface area contributed by atoms with E-state index in [1.54, 1.807) is 18.9 Å². The van der Waals surface area contributed by atoms with E-state index < -0.39 is 23.2 Å². The summed E-state index contributed by atoms with van der Waals surface area (Å²) in [6, 6.07) is 8.89. The highest BCUT2D eigenvalue weighted by Crippen LogP contribution is 2.32. The fourth-order valence-electron chi connectivity index (χ4n) is 3.64. The van der Waals surface area contributed by atoms with Gasteiger partial charge < -0.3 is 19.5 Å². The number of nitrogens with zero attached hydrogens (tertiary/aromatic N) is 7. The molecule has 182 valence electrons. The molecule has 1 aliphatic heterocycles. The van der Waals surface area contributed by atoms with Gasteiger partial charge >= 0.3 is 0 Å². The number of azide groups is 1. The molecule has 12 heteroatoms. The molecular weight excluding hydrogens is 452 g/mol. The second kappa shape index (κ2) is 11.1. The molecule has 0 saturated heterocycles. The number of ketones is 1. The number of likely N-dealkylation sites (N-methyl/N-ethyl adjacent to an activating group) is 1. The van der Waals surface area contributed by atoms with Crippen LogP contribution in [0.4, 0.5) is 0 Å². The van der Waals surface area contributed by atoms with Crippen molar-refractivity contribution in [3.8, 4) is 0 Å². The number of aldehydes is 1. The van der Waals surface area contributed by atoms with Crippen LogP contribution in [-0.2, 0) is 15.0 Å². The van der Waals surface area contributed by atoms with E-state index in [1.807, 2.05) is 44.2 Å². The van der Waals surface area contributed by atoms with E-state index >= 15 is 0 Å². The number of aliphatic imine (C=N–C) groups is 1. The largest absolute Gasteiger partial charge is 0.417 e. The monoisotopic (exact) mass is 478 g/mol. The number of benzene rings is 1. The van der Waals surface area contributed by atoms with E-state index in [0.717, 1.165) is 5.56 Å². The molecule has 2 heterocycles. The van der Waals surface area contributed by atoms with Crippen molar-refractivity contribution in [2.45, 2.75) is 32.2 Å². The molecule has 0 radical (unpaired) electrons. The summed E-state index contributed by atoms with van der Waals surface area (Å²) in [4.78, 5) is 37.2. The van der Waals surface area contributed by atoms with E-state index in [9.17, 15) is 9.59 Å². The van der Waals surface area contributed by atoms with Crippen molar-refractivity contribution in [2.24, 2.45) is 16.2 Å². The van der Waals surface area contributed by atoms with E-state index in [1.165, 1.54) is 18.6 Å². The smallest absolute Gasteiger partial charge is 0.286 e. The highest BCUT2D eigenvalue weighted by Gasteiger charge is 2.41. The van der Waals surface area contributed by atoms with Crippen LogP contribution < -0.4 is 5.32 Å². The Balaban J connectivity index is 1.80. The van der Waals surface area contributed by atoms with Gasteiger partial charge in [-0.2, -0.15) is 0 Å². The number of hydrogen-bond acceptors (Lipinski definition) is 9. The van der Waals surface area contributed by atoms with Crippen molar-refractivity contribution in [1.29, 1.82) is 0 Å². The Labute approximate surface area is 202 Å². The standard InChI is InChI=1S/C23H26N8O4/c1-15-18(26-17(20(15)35-30-29-24)13-31(4)14-25-11-8-12-32)19(33)21-27-28-22(34-21)23(2,3)16-9-6-5-7-10-16/h5-12,14-15,18,26H,13H2,1-4H3/b11-8-,25-14?. The molecule has 3 rings (SSSR count). The first-order valence-corrected chi connectivity index (χ1v) is 10.8. The fourth-order valence-corrected chi connectivity index (χ4v) is 3.64. The first kappa shape index (κ1) is 25.2. The molecule has 1 N–H and O–H groups in total. The normalized spacial score (nSPS) is 17.9. The van der Waals surface area contributed by atoms with Gasteiger partial charge in [-0.1, -0.05) is 37.3 Å². The zero-order chi connectivity index (χ0) is 25.4. The molecule has 2 aromatic rings. The van der Waals surface area contributed by atoms with Crippen LogP contribution >= 0.6 is 0 Å². The maximum Gasteiger partial charge on any atom is 0.286 e. The predicted molar refractivity (Wildman–Crippen MR) is 127 cm³/mol. The van der Waals surface area contributed by atoms with Gasteiger partial charge in [0.15, 0.2) is 0 Å². The SMILES string of the molecule is CC1C(ON=[N+]=[N-])=C(CN(C)C=N/C=C\C=O)NC1C(=O)c1nnc(C(C)(C)c2ccccc2)o1. The fraction of sp³-hybridized carbons (Fsp3) is 0.348. The molecule has 0 aliphatic carbocycles. The Morgan fingerprint density at radius 1 is 1.34 bits per heavy atom. The molecule has 1 aliphatic rings. The zero-order valence-electron chi connectivity index (χ0n) is 19.8. The van der Waals surface area contributed by atoms with Crippen LogP contribution in [0, 0.1) is 5.92 Å². The second-order valence-electron chi connectivity index (χ2n) is 8.44. The van der Waals surface area contributed by atoms with Crippen molar-refractivity contribution in [2.75, 3.05) is 13.6 Å². The molecule has 0 spiro atoms. The van der Waals surface area contributed by atoms with E-state index in [0.29, 0.717) is 23.6 Å². The summed E-state index contributed by atoms with van der Waals surface area (Å²) in [5.74, 6) is -0.403. The predicted octanol–water partition coefficient (Wildman–Crippen LogP) is 3.31. The lowest BCUT2D eigenvalue weighted by atomic mass is 9.85. The molecule has 1 aromatic heterocycles. The Kier molecular flexibility index (Phi) is 8.00. The third-order valence-electron chi connectivity index (χ3n) is 5.59. The lowest BCUT2D eigenvalue weighted by molar-refractivity contribution is -0.104. The molecule has 35 heavy (non-hydrogen) atoms. The van der Waals surface area contributed by atoms with Crippen molar-refractivity contribution < 1.29 is 18.8 Å². The van der Waals surface area contributed by atoms with E-state index in [-0.39, 0.29) is 12.4 Å². The van der Waals surface area contributed by atoms with Gasteiger partial charge in [-0.25, -0.2) is 4.99 Å². The number of carbonyl (C=O) groups is 2. The van der Waals surface area contributed by atoms with Gasteiger partial charge in [0.25, 0.3) is 5.89 Å². The van der Waals surface area contributed by atoms with Crippen molar-refractivity contribution in [3.05, 3.63) is 81.9 Å². The molecule has 0 fully saturated rings. The van der Waals surface area contributed by atoms with E-state index in [2.05, 4.69) is 30.7 Å². The average molecular weight is 479 g/mol. The van der Waals surface area contributed by atoms with Crippen LogP contribution in [0.2, 0.25) is 0 Å².